The van der Waals surface area contributed by atoms with E-state index in [0.717, 1.165) is 16.6 Å². The second-order valence-corrected chi connectivity index (χ2v) is 3.57. The van der Waals surface area contributed by atoms with Crippen LogP contribution in [-0.2, 0) is 0 Å². The van der Waals surface area contributed by atoms with Gasteiger partial charge in [0.05, 0.1) is 5.69 Å². The topological polar surface area (TPSA) is 12.9 Å². The van der Waals surface area contributed by atoms with E-state index in [4.69, 9.17) is 0 Å². The summed E-state index contributed by atoms with van der Waals surface area (Å²) in [5.74, 6) is -0.227. The third-order valence-electron chi connectivity index (χ3n) is 1.95. The minimum absolute atomic E-state index is 0.227. The van der Waals surface area contributed by atoms with Gasteiger partial charge in [-0.25, -0.2) is 4.39 Å². The molecule has 1 aromatic carbocycles. The predicted molar refractivity (Wildman–Crippen MR) is 59.0 cm³/mol. The van der Waals surface area contributed by atoms with Crippen molar-refractivity contribution in [3.63, 3.8) is 0 Å². The molecule has 2 aromatic rings. The lowest BCUT2D eigenvalue weighted by atomic mass is 10.1. The maximum atomic E-state index is 12.8. The van der Waals surface area contributed by atoms with Gasteiger partial charge in [-0.1, -0.05) is 6.07 Å². The average molecular weight is 205 g/mol. The maximum Gasteiger partial charge on any atom is 0.123 e. The molecule has 0 aliphatic heterocycles. The Morgan fingerprint density at radius 1 is 1.14 bits per heavy atom. The van der Waals surface area contributed by atoms with Crippen molar-refractivity contribution in [3.8, 4) is 11.3 Å². The molecule has 0 saturated carbocycles. The van der Waals surface area contributed by atoms with Crippen LogP contribution in [-0.4, -0.2) is 4.98 Å². The molecule has 0 radical (unpaired) electrons. The first-order valence-electron chi connectivity index (χ1n) is 4.24. The monoisotopic (exact) mass is 205 g/mol. The summed E-state index contributed by atoms with van der Waals surface area (Å²) in [5, 5.41) is 0.823. The fourth-order valence-corrected chi connectivity index (χ4v) is 1.69. The van der Waals surface area contributed by atoms with Gasteiger partial charge >= 0.3 is 0 Å². The predicted octanol–water partition coefficient (Wildman–Crippen LogP) is 2.39. The van der Waals surface area contributed by atoms with E-state index >= 15 is 0 Å². The number of rotatable bonds is 1. The molecule has 0 aliphatic carbocycles. The molecule has 1 nitrogen and oxygen atoms in total. The summed E-state index contributed by atoms with van der Waals surface area (Å²) in [6.45, 7) is 0. The summed E-state index contributed by atoms with van der Waals surface area (Å²) in [6.07, 6.45) is 1.72. The smallest absolute Gasteiger partial charge is 0.123 e. The molecule has 0 aliphatic rings. The van der Waals surface area contributed by atoms with E-state index in [1.165, 1.54) is 12.1 Å². The molecule has 0 N–H and O–H groups in total. The van der Waals surface area contributed by atoms with Crippen molar-refractivity contribution in [1.29, 1.82) is 0 Å². The Morgan fingerprint density at radius 3 is 2.64 bits per heavy atom. The van der Waals surface area contributed by atoms with Gasteiger partial charge in [-0.05, 0) is 35.6 Å². The lowest BCUT2D eigenvalue weighted by Crippen LogP contribution is -1.98. The van der Waals surface area contributed by atoms with Crippen molar-refractivity contribution in [2.45, 2.75) is 0 Å². The Labute approximate surface area is 84.2 Å². The van der Waals surface area contributed by atoms with Crippen LogP contribution in [0.3, 0.4) is 0 Å². The first kappa shape index (κ1) is 9.29. The van der Waals surface area contributed by atoms with Gasteiger partial charge in [0.25, 0.3) is 0 Å². The van der Waals surface area contributed by atoms with Gasteiger partial charge in [-0.2, -0.15) is 0 Å². The Kier molecular flexibility index (Phi) is 2.55. The Morgan fingerprint density at radius 2 is 2.00 bits per heavy atom. The maximum absolute atomic E-state index is 12.8. The molecule has 0 bridgehead atoms. The highest BCUT2D eigenvalue weighted by Crippen LogP contribution is 2.16. The number of hydrogen-bond donors (Lipinski definition) is 0. The Hall–Kier alpha value is -1.27. The van der Waals surface area contributed by atoms with E-state index in [-0.39, 0.29) is 5.82 Å². The van der Waals surface area contributed by atoms with Crippen LogP contribution in [0.25, 0.3) is 11.3 Å². The van der Waals surface area contributed by atoms with E-state index in [1.807, 2.05) is 18.2 Å². The molecule has 14 heavy (non-hydrogen) atoms. The van der Waals surface area contributed by atoms with E-state index in [9.17, 15) is 4.39 Å². The minimum Gasteiger partial charge on any atom is -0.256 e. The largest absolute Gasteiger partial charge is 0.256 e. The van der Waals surface area contributed by atoms with Crippen LogP contribution >= 0.6 is 9.24 Å². The Balaban J connectivity index is 2.53. The SMILES string of the molecule is Fc1ccc(-c2ccccn2)c(P)c1. The number of halogens is 1. The van der Waals surface area contributed by atoms with Crippen LogP contribution < -0.4 is 5.30 Å². The van der Waals surface area contributed by atoms with Crippen molar-refractivity contribution in [2.24, 2.45) is 0 Å². The molecule has 1 unspecified atom stereocenters. The fourth-order valence-electron chi connectivity index (χ4n) is 1.29. The molecule has 1 heterocycles. The fraction of sp³-hybridized carbons (Fsp3) is 0. The van der Waals surface area contributed by atoms with Crippen molar-refractivity contribution >= 4 is 14.5 Å². The normalized spacial score (nSPS) is 10.1. The van der Waals surface area contributed by atoms with Crippen LogP contribution in [0.5, 0.6) is 0 Å². The summed E-state index contributed by atoms with van der Waals surface area (Å²) in [5.41, 5.74) is 1.80. The third-order valence-corrected chi connectivity index (χ3v) is 2.43. The highest BCUT2D eigenvalue weighted by Gasteiger charge is 2.02. The first-order valence-corrected chi connectivity index (χ1v) is 4.81. The molecule has 2 rings (SSSR count). The number of aromatic nitrogens is 1. The van der Waals surface area contributed by atoms with Crippen molar-refractivity contribution < 1.29 is 4.39 Å². The van der Waals surface area contributed by atoms with Crippen LogP contribution in [0.4, 0.5) is 4.39 Å². The van der Waals surface area contributed by atoms with Crippen molar-refractivity contribution in [3.05, 3.63) is 48.4 Å². The van der Waals surface area contributed by atoms with E-state index in [1.54, 1.807) is 12.3 Å². The summed E-state index contributed by atoms with van der Waals surface area (Å²) < 4.78 is 12.8. The van der Waals surface area contributed by atoms with E-state index in [2.05, 4.69) is 14.2 Å². The van der Waals surface area contributed by atoms with Crippen LogP contribution in [0.2, 0.25) is 0 Å². The zero-order valence-corrected chi connectivity index (χ0v) is 8.60. The number of nitrogens with zero attached hydrogens (tertiary/aromatic N) is 1. The van der Waals surface area contributed by atoms with Crippen molar-refractivity contribution in [1.82, 2.24) is 4.98 Å². The van der Waals surface area contributed by atoms with Crippen LogP contribution in [0.15, 0.2) is 42.6 Å². The van der Waals surface area contributed by atoms with Gasteiger partial charge < -0.3 is 0 Å². The van der Waals surface area contributed by atoms with Gasteiger partial charge in [0, 0.05) is 11.8 Å². The Bertz CT molecular complexity index is 442. The highest BCUT2D eigenvalue weighted by molar-refractivity contribution is 7.28. The van der Waals surface area contributed by atoms with Gasteiger partial charge in [0.2, 0.25) is 0 Å². The van der Waals surface area contributed by atoms with Crippen molar-refractivity contribution in [2.75, 3.05) is 0 Å². The molecule has 0 fully saturated rings. The molecule has 0 saturated heterocycles. The van der Waals surface area contributed by atoms with Gasteiger partial charge in [0.15, 0.2) is 0 Å². The zero-order valence-electron chi connectivity index (χ0n) is 7.44. The summed E-state index contributed by atoms with van der Waals surface area (Å²) >= 11 is 0. The molecule has 70 valence electrons. The molecule has 1 atom stereocenters. The first-order chi connectivity index (χ1) is 6.77. The molecule has 3 heteroatoms. The minimum atomic E-state index is -0.227. The summed E-state index contributed by atoms with van der Waals surface area (Å²) in [4.78, 5) is 4.20. The second kappa shape index (κ2) is 3.85. The van der Waals surface area contributed by atoms with E-state index in [0.29, 0.717) is 0 Å². The number of pyridine rings is 1. The third kappa shape index (κ3) is 1.80. The van der Waals surface area contributed by atoms with Gasteiger partial charge in [-0.15, -0.1) is 9.24 Å². The molecular weight excluding hydrogens is 196 g/mol. The highest BCUT2D eigenvalue weighted by atomic mass is 31.0. The molecule has 0 spiro atoms. The second-order valence-electron chi connectivity index (χ2n) is 2.95. The average Bonchev–Trinajstić information content (AvgIpc) is 2.19. The molecular formula is C11H9FNP. The van der Waals surface area contributed by atoms with Gasteiger partial charge in [0.1, 0.15) is 5.82 Å². The summed E-state index contributed by atoms with van der Waals surface area (Å²) in [7, 11) is 2.51. The lowest BCUT2D eigenvalue weighted by molar-refractivity contribution is 0.629. The molecule has 1 aromatic heterocycles. The molecule has 0 amide bonds. The quantitative estimate of drug-likeness (QED) is 0.651. The van der Waals surface area contributed by atoms with Crippen LogP contribution in [0, 0.1) is 5.82 Å². The number of benzene rings is 1. The van der Waals surface area contributed by atoms with Gasteiger partial charge in [-0.3, -0.25) is 4.98 Å². The van der Waals surface area contributed by atoms with E-state index < -0.39 is 0 Å². The lowest BCUT2D eigenvalue weighted by Gasteiger charge is -2.03. The number of hydrogen-bond acceptors (Lipinski definition) is 1. The zero-order chi connectivity index (χ0) is 9.97. The summed E-state index contributed by atoms with van der Waals surface area (Å²) in [6, 6.07) is 10.3. The standard InChI is InChI=1S/C11H9FNP/c12-8-4-5-9(11(14)7-8)10-3-1-2-6-13-10/h1-7H,14H2. The van der Waals surface area contributed by atoms with Crippen LogP contribution in [0.1, 0.15) is 0 Å².